The van der Waals surface area contributed by atoms with E-state index in [2.05, 4.69) is 53.8 Å². The molecule has 2 N–H and O–H groups in total. The fourth-order valence-electron chi connectivity index (χ4n) is 13.7. The Bertz CT molecular complexity index is 1280. The van der Waals surface area contributed by atoms with Crippen molar-refractivity contribution in [1.29, 1.82) is 0 Å². The first-order valence-electron chi connectivity index (χ1n) is 19.0. The summed E-state index contributed by atoms with van der Waals surface area (Å²) in [5.74, 6) is 1.73. The van der Waals surface area contributed by atoms with Crippen molar-refractivity contribution in [3.05, 3.63) is 0 Å². The lowest BCUT2D eigenvalue weighted by molar-refractivity contribution is -0.185. The molecule has 9 heteroatoms. The Labute approximate surface area is 281 Å². The molecule has 8 aliphatic rings. The quantitative estimate of drug-likeness (QED) is 0.365. The van der Waals surface area contributed by atoms with Crippen LogP contribution in [0.2, 0.25) is 0 Å². The number of nitrogens with zero attached hydrogens (tertiary/aromatic N) is 1. The van der Waals surface area contributed by atoms with Gasteiger partial charge in [-0.1, -0.05) is 48.5 Å². The van der Waals surface area contributed by atoms with Gasteiger partial charge in [-0.25, -0.2) is 9.59 Å². The molecule has 5 saturated carbocycles. The minimum absolute atomic E-state index is 0.0190. The summed E-state index contributed by atoms with van der Waals surface area (Å²) in [5.41, 5.74) is 0.131. The van der Waals surface area contributed by atoms with Crippen LogP contribution < -0.4 is 5.32 Å². The first-order valence-corrected chi connectivity index (χ1v) is 19.0. The van der Waals surface area contributed by atoms with Crippen LogP contribution in [0.1, 0.15) is 106 Å². The van der Waals surface area contributed by atoms with Gasteiger partial charge in [0.25, 0.3) is 0 Å². The van der Waals surface area contributed by atoms with Gasteiger partial charge in [-0.3, -0.25) is 0 Å². The topological polar surface area (TPSA) is 107 Å². The van der Waals surface area contributed by atoms with E-state index in [0.29, 0.717) is 31.0 Å². The van der Waals surface area contributed by atoms with Gasteiger partial charge in [-0.2, -0.15) is 0 Å². The average Bonchev–Trinajstić information content (AvgIpc) is 3.59. The number of fused-ring (bicyclic) bond motifs is 4. The Morgan fingerprint density at radius 1 is 0.979 bits per heavy atom. The van der Waals surface area contributed by atoms with Gasteiger partial charge in [0.1, 0.15) is 12.2 Å². The number of aliphatic hydroxyl groups is 1. The van der Waals surface area contributed by atoms with Crippen LogP contribution in [-0.2, 0) is 18.9 Å². The average molecular weight is 657 g/mol. The van der Waals surface area contributed by atoms with E-state index < -0.39 is 6.10 Å². The summed E-state index contributed by atoms with van der Waals surface area (Å²) < 4.78 is 24.5. The fourth-order valence-corrected chi connectivity index (χ4v) is 13.7. The summed E-state index contributed by atoms with van der Waals surface area (Å²) in [7, 11) is 0. The number of likely N-dealkylation sites (tertiary alicyclic amines) is 1. The van der Waals surface area contributed by atoms with E-state index in [1.54, 1.807) is 4.90 Å². The van der Waals surface area contributed by atoms with Crippen molar-refractivity contribution in [2.75, 3.05) is 26.3 Å². The number of carbonyl (C=O) groups excluding carboxylic acids is 2. The van der Waals surface area contributed by atoms with E-state index in [0.717, 1.165) is 58.0 Å². The number of hydrogen-bond donors (Lipinski definition) is 2. The highest BCUT2D eigenvalue weighted by molar-refractivity contribution is 5.69. The summed E-state index contributed by atoms with van der Waals surface area (Å²) in [6.07, 6.45) is 7.77. The van der Waals surface area contributed by atoms with Gasteiger partial charge in [-0.15, -0.1) is 0 Å². The summed E-state index contributed by atoms with van der Waals surface area (Å²) in [4.78, 5) is 27.5. The van der Waals surface area contributed by atoms with Gasteiger partial charge < -0.3 is 34.3 Å². The molecule has 264 valence electrons. The second kappa shape index (κ2) is 10.7. The minimum atomic E-state index is -0.551. The van der Waals surface area contributed by atoms with Crippen molar-refractivity contribution in [3.63, 3.8) is 0 Å². The fraction of sp³-hybridized carbons (Fsp3) is 0.947. The van der Waals surface area contributed by atoms with E-state index in [-0.39, 0.29) is 81.6 Å². The standard InChI is InChI=1S/C38H60N2O7/c1-21(2)29(47-33(43)40-15-8-16-40)24-17-22(3)28-30(45-24)31(41)36(7)26-10-9-25-34(4,5)27(46-32(42)39-23-18-44-19-23)11-12-37(25)20-38(26,37)14-13-35(28,36)6/h21-31,41H,8-20H2,1-7H3,(H,39,42)/t22-,24?,25+,26?,27?,28+,29-,30?,31+,35-,36-,37-,38+/m1/s1. The normalized spacial score (nSPS) is 49.9. The predicted molar refractivity (Wildman–Crippen MR) is 175 cm³/mol. The van der Waals surface area contributed by atoms with Crippen LogP contribution in [0, 0.1) is 56.7 Å². The molecule has 2 amide bonds. The first kappa shape index (κ1) is 32.6. The van der Waals surface area contributed by atoms with E-state index in [1.807, 2.05) is 0 Å². The largest absolute Gasteiger partial charge is 0.446 e. The Balaban J connectivity index is 1.03. The highest BCUT2D eigenvalue weighted by atomic mass is 16.6. The molecule has 5 aliphatic carbocycles. The molecule has 9 nitrogen and oxygen atoms in total. The zero-order chi connectivity index (χ0) is 33.3. The third-order valence-corrected chi connectivity index (χ3v) is 16.3. The molecule has 3 saturated heterocycles. The molecular weight excluding hydrogens is 596 g/mol. The predicted octanol–water partition coefficient (Wildman–Crippen LogP) is 6.16. The molecule has 0 radical (unpaired) electrons. The summed E-state index contributed by atoms with van der Waals surface area (Å²) in [6.45, 7) is 18.9. The van der Waals surface area contributed by atoms with Gasteiger partial charge in [0.15, 0.2) is 0 Å². The van der Waals surface area contributed by atoms with Crippen molar-refractivity contribution in [2.24, 2.45) is 56.7 Å². The van der Waals surface area contributed by atoms with Crippen molar-refractivity contribution in [1.82, 2.24) is 10.2 Å². The monoisotopic (exact) mass is 656 g/mol. The molecule has 2 spiro atoms. The molecule has 0 bridgehead atoms. The van der Waals surface area contributed by atoms with Crippen LogP contribution in [-0.4, -0.2) is 85.1 Å². The summed E-state index contributed by atoms with van der Waals surface area (Å²) in [5, 5.41) is 15.6. The smallest absolute Gasteiger partial charge is 0.410 e. The number of carbonyl (C=O) groups is 2. The van der Waals surface area contributed by atoms with Crippen LogP contribution in [0.25, 0.3) is 0 Å². The molecule has 0 aromatic heterocycles. The highest BCUT2D eigenvalue weighted by Gasteiger charge is 2.84. The maximum absolute atomic E-state index is 12.9. The van der Waals surface area contributed by atoms with E-state index in [4.69, 9.17) is 18.9 Å². The number of alkyl carbamates (subject to hydrolysis) is 1. The number of ether oxygens (including phenoxy) is 4. The van der Waals surface area contributed by atoms with Crippen LogP contribution in [0.4, 0.5) is 9.59 Å². The molecule has 8 fully saturated rings. The van der Waals surface area contributed by atoms with Crippen LogP contribution in [0.5, 0.6) is 0 Å². The van der Waals surface area contributed by atoms with Gasteiger partial charge >= 0.3 is 12.2 Å². The number of hydrogen-bond acceptors (Lipinski definition) is 7. The summed E-state index contributed by atoms with van der Waals surface area (Å²) in [6, 6.07) is 0.0695. The molecule has 8 rings (SSSR count). The third-order valence-electron chi connectivity index (χ3n) is 16.3. The maximum Gasteiger partial charge on any atom is 0.410 e. The van der Waals surface area contributed by atoms with Crippen molar-refractivity contribution in [3.8, 4) is 0 Å². The zero-order valence-electron chi connectivity index (χ0n) is 29.9. The SMILES string of the molecule is CC(C)[C@@H](OC(=O)N1CCC1)C1C[C@@H](C)[C@H]2C(O1)[C@H](O)[C@@]1(C)C3CC[C@H]4C(C)(C)C(OC(=O)NC5COC5)CC[C@@]45C[C@@]35CC[C@]21C. The van der Waals surface area contributed by atoms with Gasteiger partial charge in [-0.05, 0) is 104 Å². The van der Waals surface area contributed by atoms with E-state index in [1.165, 1.54) is 12.8 Å². The van der Waals surface area contributed by atoms with Crippen LogP contribution in [0.3, 0.4) is 0 Å². The zero-order valence-corrected chi connectivity index (χ0v) is 29.9. The third kappa shape index (κ3) is 4.30. The Kier molecular flexibility index (Phi) is 7.43. The molecule has 47 heavy (non-hydrogen) atoms. The highest BCUT2D eigenvalue weighted by Crippen LogP contribution is 2.89. The number of rotatable bonds is 5. The Morgan fingerprint density at radius 2 is 1.68 bits per heavy atom. The minimum Gasteiger partial charge on any atom is -0.446 e. The molecule has 4 unspecified atom stereocenters. The molecule has 3 aliphatic heterocycles. The van der Waals surface area contributed by atoms with Gasteiger partial charge in [0.05, 0.1) is 37.6 Å². The van der Waals surface area contributed by atoms with Gasteiger partial charge in [0, 0.05) is 23.9 Å². The van der Waals surface area contributed by atoms with Gasteiger partial charge in [0.2, 0.25) is 0 Å². The molecular formula is C38H60N2O7. The second-order valence-corrected chi connectivity index (χ2v) is 18.8. The molecule has 0 aromatic carbocycles. The summed E-state index contributed by atoms with van der Waals surface area (Å²) >= 11 is 0. The number of aliphatic hydroxyl groups excluding tert-OH is 1. The number of amides is 2. The van der Waals surface area contributed by atoms with Crippen molar-refractivity contribution < 1.29 is 33.6 Å². The lowest BCUT2D eigenvalue weighted by Gasteiger charge is -2.63. The van der Waals surface area contributed by atoms with E-state index >= 15 is 0 Å². The Hall–Kier alpha value is -1.58. The van der Waals surface area contributed by atoms with Crippen molar-refractivity contribution in [2.45, 2.75) is 143 Å². The lowest BCUT2D eigenvalue weighted by atomic mass is 9.41. The second-order valence-electron chi connectivity index (χ2n) is 18.8. The molecule has 3 heterocycles. The van der Waals surface area contributed by atoms with Crippen LogP contribution >= 0.6 is 0 Å². The van der Waals surface area contributed by atoms with Crippen molar-refractivity contribution >= 4 is 12.2 Å². The molecule has 0 aromatic rings. The number of nitrogens with one attached hydrogen (secondary N) is 1. The first-order chi connectivity index (χ1) is 22.2. The Morgan fingerprint density at radius 3 is 2.32 bits per heavy atom. The lowest BCUT2D eigenvalue weighted by Crippen LogP contribution is -2.60. The van der Waals surface area contributed by atoms with Crippen LogP contribution in [0.15, 0.2) is 0 Å². The molecule has 13 atom stereocenters. The maximum atomic E-state index is 12.9. The van der Waals surface area contributed by atoms with E-state index in [9.17, 15) is 14.7 Å².